The number of carbonyl (C=O) groups is 1. The quantitative estimate of drug-likeness (QED) is 0.337. The number of hydrogen-bond donors (Lipinski definition) is 2. The van der Waals surface area contributed by atoms with Gasteiger partial charge in [-0.25, -0.2) is 13.1 Å². The van der Waals surface area contributed by atoms with E-state index < -0.39 is 15.9 Å². The molecule has 2 heterocycles. The minimum atomic E-state index is -3.84. The Morgan fingerprint density at radius 3 is 2.79 bits per heavy atom. The van der Waals surface area contributed by atoms with E-state index in [2.05, 4.69) is 44.2 Å². The Kier molecular flexibility index (Phi) is 7.20. The first-order valence-electron chi connectivity index (χ1n) is 10.2. The third kappa shape index (κ3) is 5.47. The molecule has 1 aliphatic heterocycles. The highest BCUT2D eigenvalue weighted by Crippen LogP contribution is 2.31. The minimum absolute atomic E-state index is 0.0499. The molecule has 1 amide bonds. The van der Waals surface area contributed by atoms with E-state index in [0.29, 0.717) is 17.5 Å². The van der Waals surface area contributed by atoms with Crippen LogP contribution in [-0.2, 0) is 16.4 Å². The Bertz CT molecular complexity index is 1280. The van der Waals surface area contributed by atoms with E-state index in [9.17, 15) is 13.2 Å². The van der Waals surface area contributed by atoms with Gasteiger partial charge in [0.05, 0.1) is 10.6 Å². The van der Waals surface area contributed by atoms with Gasteiger partial charge in [-0.1, -0.05) is 52.7 Å². The number of nitrogens with zero attached hydrogens (tertiary/aromatic N) is 3. The minimum Gasteiger partial charge on any atom is -0.368 e. The highest BCUT2D eigenvalue weighted by molar-refractivity contribution is 7.91. The second-order valence-electron chi connectivity index (χ2n) is 7.58. The number of fused-ring (bicyclic) bond motifs is 1. The second kappa shape index (κ2) is 9.94. The van der Waals surface area contributed by atoms with E-state index in [4.69, 9.17) is 23.2 Å². The SMILES string of the molecule is C[C@@H]1Cc2ccccc2N1CCCNS(=O)(=O)c1nnc(NC(=O)c2ccc(Cl)cc2Cl)s1. The Morgan fingerprint density at radius 2 is 2.00 bits per heavy atom. The average Bonchev–Trinajstić information content (AvgIpc) is 3.35. The van der Waals surface area contributed by atoms with Crippen LogP contribution in [0.2, 0.25) is 10.0 Å². The molecule has 0 bridgehead atoms. The molecule has 12 heteroatoms. The van der Waals surface area contributed by atoms with Gasteiger partial charge in [-0.15, -0.1) is 10.2 Å². The first-order valence-corrected chi connectivity index (χ1v) is 13.2. The molecule has 1 aliphatic rings. The number of hydrogen-bond acceptors (Lipinski definition) is 7. The van der Waals surface area contributed by atoms with Crippen molar-refractivity contribution in [3.05, 3.63) is 63.6 Å². The van der Waals surface area contributed by atoms with Gasteiger partial charge in [0.2, 0.25) is 9.47 Å². The van der Waals surface area contributed by atoms with Crippen LogP contribution in [0.15, 0.2) is 46.8 Å². The van der Waals surface area contributed by atoms with Crippen LogP contribution < -0.4 is 14.9 Å². The number of rotatable bonds is 8. The highest BCUT2D eigenvalue weighted by Gasteiger charge is 2.25. The second-order valence-corrected chi connectivity index (χ2v) is 11.3. The van der Waals surface area contributed by atoms with Crippen molar-refractivity contribution in [2.24, 2.45) is 0 Å². The normalized spacial score (nSPS) is 15.5. The lowest BCUT2D eigenvalue weighted by Gasteiger charge is -2.24. The van der Waals surface area contributed by atoms with Crippen LogP contribution in [0.25, 0.3) is 0 Å². The molecule has 1 aromatic heterocycles. The van der Waals surface area contributed by atoms with Gasteiger partial charge in [-0.2, -0.15) is 0 Å². The molecule has 2 N–H and O–H groups in total. The van der Waals surface area contributed by atoms with E-state index in [1.165, 1.54) is 29.4 Å². The van der Waals surface area contributed by atoms with Crippen molar-refractivity contribution in [3.63, 3.8) is 0 Å². The molecule has 0 radical (unpaired) electrons. The molecule has 8 nitrogen and oxygen atoms in total. The van der Waals surface area contributed by atoms with E-state index in [-0.39, 0.29) is 26.6 Å². The predicted molar refractivity (Wildman–Crippen MR) is 131 cm³/mol. The van der Waals surface area contributed by atoms with Crippen molar-refractivity contribution in [2.75, 3.05) is 23.3 Å². The Morgan fingerprint density at radius 1 is 1.21 bits per heavy atom. The van der Waals surface area contributed by atoms with Crippen LogP contribution in [0, 0.1) is 0 Å². The number of sulfonamides is 1. The van der Waals surface area contributed by atoms with Crippen LogP contribution >= 0.6 is 34.5 Å². The van der Waals surface area contributed by atoms with Crippen LogP contribution in [0.4, 0.5) is 10.8 Å². The van der Waals surface area contributed by atoms with Crippen molar-refractivity contribution in [1.82, 2.24) is 14.9 Å². The number of anilines is 2. The van der Waals surface area contributed by atoms with Crippen molar-refractivity contribution in [3.8, 4) is 0 Å². The Hall–Kier alpha value is -2.24. The fourth-order valence-corrected chi connectivity index (χ4v) is 6.20. The van der Waals surface area contributed by atoms with Crippen LogP contribution in [0.5, 0.6) is 0 Å². The Labute approximate surface area is 206 Å². The molecular formula is C21H21Cl2N5O3S2. The summed E-state index contributed by atoms with van der Waals surface area (Å²) >= 11 is 12.6. The van der Waals surface area contributed by atoms with Crippen LogP contribution in [0.3, 0.4) is 0 Å². The largest absolute Gasteiger partial charge is 0.368 e. The third-order valence-corrected chi connectivity index (χ3v) is 8.46. The summed E-state index contributed by atoms with van der Waals surface area (Å²) in [5.41, 5.74) is 2.71. The molecule has 3 aromatic rings. The van der Waals surface area contributed by atoms with E-state index >= 15 is 0 Å². The average molecular weight is 526 g/mol. The lowest BCUT2D eigenvalue weighted by atomic mass is 10.1. The summed E-state index contributed by atoms with van der Waals surface area (Å²) in [5.74, 6) is -0.537. The zero-order chi connectivity index (χ0) is 23.6. The van der Waals surface area contributed by atoms with E-state index in [1.807, 2.05) is 12.1 Å². The summed E-state index contributed by atoms with van der Waals surface area (Å²) in [5, 5.41) is 10.6. The number of para-hydroxylation sites is 1. The molecule has 4 rings (SSSR count). The number of amides is 1. The fourth-order valence-electron chi connectivity index (χ4n) is 3.69. The molecule has 1 atom stereocenters. The zero-order valence-corrected chi connectivity index (χ0v) is 20.7. The molecule has 0 unspecified atom stereocenters. The van der Waals surface area contributed by atoms with Gasteiger partial charge >= 0.3 is 0 Å². The molecule has 0 spiro atoms. The number of halogens is 2. The molecule has 0 saturated carbocycles. The first-order chi connectivity index (χ1) is 15.7. The standard InChI is InChI=1S/C21H21Cl2N5O3S2/c1-13-11-14-5-2-3-6-18(14)28(13)10-4-9-24-33(30,31)21-27-26-20(32-21)25-19(29)16-8-7-15(22)12-17(16)23/h2-3,5-8,12-13,24H,4,9-11H2,1H3,(H,25,26,29)/t13-/m1/s1. The smallest absolute Gasteiger partial charge is 0.269 e. The molecule has 0 fully saturated rings. The first kappa shape index (κ1) is 23.9. The monoisotopic (exact) mass is 525 g/mol. The van der Waals surface area contributed by atoms with Gasteiger partial charge in [-0.05, 0) is 49.6 Å². The number of nitrogens with one attached hydrogen (secondary N) is 2. The summed E-state index contributed by atoms with van der Waals surface area (Å²) in [7, 11) is -3.84. The number of aromatic nitrogens is 2. The van der Waals surface area contributed by atoms with Crippen LogP contribution in [-0.4, -0.2) is 43.7 Å². The van der Waals surface area contributed by atoms with Gasteiger partial charge in [0.1, 0.15) is 0 Å². The molecule has 2 aromatic carbocycles. The lowest BCUT2D eigenvalue weighted by molar-refractivity contribution is 0.102. The molecule has 174 valence electrons. The van der Waals surface area contributed by atoms with Gasteiger partial charge in [-0.3, -0.25) is 10.1 Å². The maximum atomic E-state index is 12.6. The highest BCUT2D eigenvalue weighted by atomic mass is 35.5. The summed E-state index contributed by atoms with van der Waals surface area (Å²) < 4.78 is 27.5. The summed E-state index contributed by atoms with van der Waals surface area (Å²) in [6.07, 6.45) is 1.62. The summed E-state index contributed by atoms with van der Waals surface area (Å²) in [6, 6.07) is 13.1. The van der Waals surface area contributed by atoms with Crippen molar-refractivity contribution in [1.29, 1.82) is 0 Å². The fraction of sp³-hybridized carbons (Fsp3) is 0.286. The number of benzene rings is 2. The maximum Gasteiger partial charge on any atom is 0.269 e. The summed E-state index contributed by atoms with van der Waals surface area (Å²) in [4.78, 5) is 14.7. The van der Waals surface area contributed by atoms with E-state index in [1.54, 1.807) is 0 Å². The van der Waals surface area contributed by atoms with E-state index in [0.717, 1.165) is 24.3 Å². The molecule has 33 heavy (non-hydrogen) atoms. The lowest BCUT2D eigenvalue weighted by Crippen LogP contribution is -2.33. The molecular weight excluding hydrogens is 505 g/mol. The third-order valence-electron chi connectivity index (χ3n) is 5.25. The van der Waals surface area contributed by atoms with Gasteiger partial charge in [0.15, 0.2) is 0 Å². The van der Waals surface area contributed by atoms with Crippen molar-refractivity contribution in [2.45, 2.75) is 30.1 Å². The number of carbonyl (C=O) groups excluding carboxylic acids is 1. The van der Waals surface area contributed by atoms with Crippen molar-refractivity contribution >= 4 is 61.3 Å². The summed E-state index contributed by atoms with van der Waals surface area (Å²) in [6.45, 7) is 3.16. The predicted octanol–water partition coefficient (Wildman–Crippen LogP) is 4.22. The van der Waals surface area contributed by atoms with Gasteiger partial charge < -0.3 is 4.90 Å². The van der Waals surface area contributed by atoms with Gasteiger partial charge in [0, 0.05) is 29.8 Å². The molecule has 0 aliphatic carbocycles. The maximum absolute atomic E-state index is 12.6. The topological polar surface area (TPSA) is 104 Å². The van der Waals surface area contributed by atoms with Crippen molar-refractivity contribution < 1.29 is 13.2 Å². The van der Waals surface area contributed by atoms with Crippen LogP contribution in [0.1, 0.15) is 29.3 Å². The van der Waals surface area contributed by atoms with Gasteiger partial charge in [0.25, 0.3) is 15.9 Å². The zero-order valence-electron chi connectivity index (χ0n) is 17.6. The Balaban J connectivity index is 1.32. The molecule has 0 saturated heterocycles.